The summed E-state index contributed by atoms with van der Waals surface area (Å²) in [6, 6.07) is -1.87. The van der Waals surface area contributed by atoms with E-state index in [1.54, 1.807) is 4.90 Å². The van der Waals surface area contributed by atoms with Crippen LogP contribution in [0.4, 0.5) is 0 Å². The van der Waals surface area contributed by atoms with Crippen molar-refractivity contribution in [1.29, 1.82) is 0 Å². The van der Waals surface area contributed by atoms with Crippen molar-refractivity contribution in [2.24, 2.45) is 17.8 Å². The summed E-state index contributed by atoms with van der Waals surface area (Å²) >= 11 is 0. The number of rotatable bonds is 14. The summed E-state index contributed by atoms with van der Waals surface area (Å²) < 4.78 is 0. The summed E-state index contributed by atoms with van der Waals surface area (Å²) in [4.78, 5) is 53.3. The fourth-order valence-electron chi connectivity index (χ4n) is 4.53. The van der Waals surface area contributed by atoms with Crippen LogP contribution in [0.2, 0.25) is 0 Å². The number of nitrogens with zero attached hydrogens (tertiary/aromatic N) is 1. The van der Waals surface area contributed by atoms with Gasteiger partial charge in [-0.05, 0) is 44.6 Å². The Kier molecular flexibility index (Phi) is 13.7. The molecule has 0 aromatic carbocycles. The average Bonchev–Trinajstić information content (AvgIpc) is 3.32. The van der Waals surface area contributed by atoms with Crippen LogP contribution in [0, 0.1) is 17.8 Å². The molecule has 0 spiro atoms. The molecular formula is C27H49N5O4. The first kappa shape index (κ1) is 31.6. The van der Waals surface area contributed by atoms with Gasteiger partial charge in [0.25, 0.3) is 0 Å². The van der Waals surface area contributed by atoms with Gasteiger partial charge >= 0.3 is 0 Å². The van der Waals surface area contributed by atoms with Gasteiger partial charge < -0.3 is 26.2 Å². The third-order valence-corrected chi connectivity index (χ3v) is 6.66. The number of likely N-dealkylation sites (tertiary alicyclic amines) is 1. The lowest BCUT2D eigenvalue weighted by molar-refractivity contribution is -0.141. The Labute approximate surface area is 217 Å². The minimum absolute atomic E-state index is 0.0866. The second kappa shape index (κ2) is 15.6. The molecule has 1 aliphatic rings. The maximum atomic E-state index is 13.2. The molecule has 9 nitrogen and oxygen atoms in total. The zero-order valence-corrected chi connectivity index (χ0v) is 23.5. The molecule has 0 aromatic rings. The molecule has 9 heteroatoms. The van der Waals surface area contributed by atoms with Gasteiger partial charge in [0.2, 0.25) is 23.6 Å². The highest BCUT2D eigenvalue weighted by molar-refractivity contribution is 5.94. The highest BCUT2D eigenvalue weighted by atomic mass is 16.2. The van der Waals surface area contributed by atoms with E-state index >= 15 is 0 Å². The monoisotopic (exact) mass is 507 g/mol. The van der Waals surface area contributed by atoms with Crippen molar-refractivity contribution >= 4 is 23.6 Å². The van der Waals surface area contributed by atoms with Crippen molar-refractivity contribution in [2.75, 3.05) is 20.6 Å². The zero-order chi connectivity index (χ0) is 27.4. The molecule has 4 amide bonds. The summed E-state index contributed by atoms with van der Waals surface area (Å²) in [5.74, 6) is -1.08. The van der Waals surface area contributed by atoms with Gasteiger partial charge in [-0.3, -0.25) is 19.2 Å². The molecule has 1 unspecified atom stereocenters. The SMILES string of the molecule is CCC[C@H](NC(=O)[C@@H](NC(=O)C1CCCN1C(=O)[C@@H](C)/C=C/[C@H](CC(C)C)NC)C(C)C)C(=O)NC. The Morgan fingerprint density at radius 1 is 0.972 bits per heavy atom. The lowest BCUT2D eigenvalue weighted by atomic mass is 10.0. The fraction of sp³-hybridized carbons (Fsp3) is 0.778. The number of amides is 4. The van der Waals surface area contributed by atoms with Gasteiger partial charge in [-0.25, -0.2) is 0 Å². The molecule has 1 rings (SSSR count). The van der Waals surface area contributed by atoms with Gasteiger partial charge in [-0.1, -0.05) is 60.1 Å². The molecular weight excluding hydrogens is 458 g/mol. The van der Waals surface area contributed by atoms with E-state index in [4.69, 9.17) is 0 Å². The standard InChI is InChI=1S/C27H49N5O4/c1-9-11-21(24(33)29-8)30-26(35)23(18(4)5)31-25(34)22-12-10-15-32(22)27(36)19(6)13-14-20(28-7)16-17(2)3/h13-14,17-23,28H,9-12,15-16H2,1-8H3,(H,29,33)(H,30,35)(H,31,34)/b14-13+/t19-,20+,21-,22?,23-/m0/s1. The van der Waals surface area contributed by atoms with Gasteiger partial charge in [-0.15, -0.1) is 0 Å². The molecule has 4 N–H and O–H groups in total. The fourth-order valence-corrected chi connectivity index (χ4v) is 4.53. The molecule has 1 aliphatic heterocycles. The number of nitrogens with one attached hydrogen (secondary N) is 4. The highest BCUT2D eigenvalue weighted by Crippen LogP contribution is 2.21. The second-order valence-corrected chi connectivity index (χ2v) is 10.6. The van der Waals surface area contributed by atoms with Crippen molar-refractivity contribution < 1.29 is 19.2 Å². The summed E-state index contributed by atoms with van der Waals surface area (Å²) in [5, 5.41) is 11.5. The van der Waals surface area contributed by atoms with Crippen LogP contribution in [0.1, 0.15) is 73.6 Å². The quantitative estimate of drug-likeness (QED) is 0.268. The number of hydrogen-bond donors (Lipinski definition) is 4. The van der Waals surface area contributed by atoms with E-state index in [-0.39, 0.29) is 35.6 Å². The van der Waals surface area contributed by atoms with Crippen LogP contribution in [0.25, 0.3) is 0 Å². The molecule has 1 saturated heterocycles. The summed E-state index contributed by atoms with van der Waals surface area (Å²) in [7, 11) is 3.44. The molecule has 206 valence electrons. The first-order valence-electron chi connectivity index (χ1n) is 13.4. The van der Waals surface area contributed by atoms with Crippen LogP contribution < -0.4 is 21.3 Å². The predicted octanol–water partition coefficient (Wildman–Crippen LogP) is 1.98. The first-order valence-corrected chi connectivity index (χ1v) is 13.4. The normalized spacial score (nSPS) is 19.3. The van der Waals surface area contributed by atoms with E-state index in [1.807, 2.05) is 46.9 Å². The van der Waals surface area contributed by atoms with Crippen LogP contribution in [0.15, 0.2) is 12.2 Å². The third kappa shape index (κ3) is 9.56. The van der Waals surface area contributed by atoms with Crippen LogP contribution in [0.3, 0.4) is 0 Å². The summed E-state index contributed by atoms with van der Waals surface area (Å²) in [5.41, 5.74) is 0. The number of carbonyl (C=O) groups is 4. The Hall–Kier alpha value is -2.42. The van der Waals surface area contributed by atoms with Crippen LogP contribution in [0.5, 0.6) is 0 Å². The Bertz CT molecular complexity index is 767. The zero-order valence-electron chi connectivity index (χ0n) is 23.5. The van der Waals surface area contributed by atoms with Gasteiger partial charge in [-0.2, -0.15) is 0 Å². The van der Waals surface area contributed by atoms with Gasteiger partial charge in [0.1, 0.15) is 18.1 Å². The number of likely N-dealkylation sites (N-methyl/N-ethyl adjacent to an activating group) is 2. The molecule has 1 heterocycles. The molecule has 0 aliphatic carbocycles. The Morgan fingerprint density at radius 2 is 1.64 bits per heavy atom. The van der Waals surface area contributed by atoms with E-state index in [9.17, 15) is 19.2 Å². The highest BCUT2D eigenvalue weighted by Gasteiger charge is 2.38. The maximum absolute atomic E-state index is 13.2. The molecule has 5 atom stereocenters. The average molecular weight is 508 g/mol. The number of carbonyl (C=O) groups excluding carboxylic acids is 4. The second-order valence-electron chi connectivity index (χ2n) is 10.6. The Balaban J connectivity index is 2.89. The van der Waals surface area contributed by atoms with Gasteiger partial charge in [0.15, 0.2) is 0 Å². The molecule has 1 fully saturated rings. The van der Waals surface area contributed by atoms with Crippen molar-refractivity contribution in [1.82, 2.24) is 26.2 Å². The largest absolute Gasteiger partial charge is 0.357 e. The lowest BCUT2D eigenvalue weighted by Crippen LogP contribution is -2.58. The minimum Gasteiger partial charge on any atom is -0.357 e. The topological polar surface area (TPSA) is 120 Å². The van der Waals surface area contributed by atoms with Gasteiger partial charge in [0.05, 0.1) is 5.92 Å². The molecule has 0 bridgehead atoms. The lowest BCUT2D eigenvalue weighted by Gasteiger charge is -2.29. The van der Waals surface area contributed by atoms with E-state index in [0.29, 0.717) is 25.3 Å². The van der Waals surface area contributed by atoms with E-state index in [0.717, 1.165) is 19.3 Å². The van der Waals surface area contributed by atoms with Crippen LogP contribution in [-0.2, 0) is 19.2 Å². The van der Waals surface area contributed by atoms with Crippen LogP contribution >= 0.6 is 0 Å². The molecule has 36 heavy (non-hydrogen) atoms. The first-order chi connectivity index (χ1) is 17.0. The predicted molar refractivity (Wildman–Crippen MR) is 143 cm³/mol. The Morgan fingerprint density at radius 3 is 2.17 bits per heavy atom. The van der Waals surface area contributed by atoms with Gasteiger partial charge in [0, 0.05) is 19.6 Å². The molecule has 0 saturated carbocycles. The van der Waals surface area contributed by atoms with Crippen molar-refractivity contribution in [3.05, 3.63) is 12.2 Å². The van der Waals surface area contributed by atoms with Crippen molar-refractivity contribution in [2.45, 2.75) is 97.8 Å². The van der Waals surface area contributed by atoms with E-state index in [2.05, 4.69) is 35.1 Å². The third-order valence-electron chi connectivity index (χ3n) is 6.66. The maximum Gasteiger partial charge on any atom is 0.243 e. The molecule has 0 radical (unpaired) electrons. The number of hydrogen-bond acceptors (Lipinski definition) is 5. The van der Waals surface area contributed by atoms with Crippen molar-refractivity contribution in [3.63, 3.8) is 0 Å². The molecule has 0 aromatic heterocycles. The van der Waals surface area contributed by atoms with E-state index < -0.39 is 24.0 Å². The van der Waals surface area contributed by atoms with Crippen LogP contribution in [-0.4, -0.2) is 73.3 Å². The summed E-state index contributed by atoms with van der Waals surface area (Å²) in [6.45, 7) is 12.3. The smallest absolute Gasteiger partial charge is 0.243 e. The summed E-state index contributed by atoms with van der Waals surface area (Å²) in [6.07, 6.45) is 7.45. The van der Waals surface area contributed by atoms with E-state index in [1.165, 1.54) is 7.05 Å². The van der Waals surface area contributed by atoms with Crippen molar-refractivity contribution in [3.8, 4) is 0 Å². The minimum atomic E-state index is -0.802.